The van der Waals surface area contributed by atoms with Crippen LogP contribution in [0.15, 0.2) is 41.1 Å². The molecule has 4 rings (SSSR count). The number of benzene rings is 1. The van der Waals surface area contributed by atoms with E-state index in [-0.39, 0.29) is 0 Å². The van der Waals surface area contributed by atoms with Gasteiger partial charge in [0.1, 0.15) is 0 Å². The SMILES string of the molecule is Cc1ccc(-c2noc(CN3CCC(c4ccn[nH]4)CC3)n2)cc1. The van der Waals surface area contributed by atoms with E-state index in [0.717, 1.165) is 31.5 Å². The number of aromatic nitrogens is 4. The number of piperidine rings is 1. The number of aryl methyl sites for hydroxylation is 1. The number of likely N-dealkylation sites (tertiary alicyclic amines) is 1. The lowest BCUT2D eigenvalue weighted by Crippen LogP contribution is -2.32. The maximum atomic E-state index is 5.43. The minimum Gasteiger partial charge on any atom is -0.338 e. The molecular weight excluding hydrogens is 302 g/mol. The fraction of sp³-hybridized carbons (Fsp3) is 0.389. The van der Waals surface area contributed by atoms with Gasteiger partial charge in [-0.2, -0.15) is 10.1 Å². The maximum Gasteiger partial charge on any atom is 0.241 e. The molecule has 0 aliphatic carbocycles. The van der Waals surface area contributed by atoms with Gasteiger partial charge in [-0.05, 0) is 38.9 Å². The first-order valence-corrected chi connectivity index (χ1v) is 8.39. The molecule has 0 spiro atoms. The highest BCUT2D eigenvalue weighted by Gasteiger charge is 2.23. The molecule has 1 fully saturated rings. The number of aromatic amines is 1. The maximum absolute atomic E-state index is 5.43. The van der Waals surface area contributed by atoms with Gasteiger partial charge in [-0.15, -0.1) is 0 Å². The van der Waals surface area contributed by atoms with E-state index in [4.69, 9.17) is 4.52 Å². The van der Waals surface area contributed by atoms with Gasteiger partial charge in [0.15, 0.2) is 0 Å². The summed E-state index contributed by atoms with van der Waals surface area (Å²) in [5.74, 6) is 1.93. The standard InChI is InChI=1S/C18H21N5O/c1-13-2-4-15(5-3-13)18-20-17(24-22-18)12-23-10-7-14(8-11-23)16-6-9-19-21-16/h2-6,9,14H,7-8,10-12H2,1H3,(H,19,21). The van der Waals surface area contributed by atoms with Gasteiger partial charge in [-0.25, -0.2) is 0 Å². The number of nitrogens with zero attached hydrogens (tertiary/aromatic N) is 4. The van der Waals surface area contributed by atoms with E-state index in [1.807, 2.05) is 18.3 Å². The van der Waals surface area contributed by atoms with Gasteiger partial charge < -0.3 is 4.52 Å². The highest BCUT2D eigenvalue weighted by molar-refractivity contribution is 5.54. The molecule has 2 aromatic heterocycles. The molecule has 3 heterocycles. The Balaban J connectivity index is 1.36. The highest BCUT2D eigenvalue weighted by atomic mass is 16.5. The Morgan fingerprint density at radius 1 is 1.17 bits per heavy atom. The molecule has 1 aromatic carbocycles. The van der Waals surface area contributed by atoms with Crippen molar-refractivity contribution in [2.75, 3.05) is 13.1 Å². The summed E-state index contributed by atoms with van der Waals surface area (Å²) in [6.45, 7) is 4.85. The monoisotopic (exact) mass is 323 g/mol. The van der Waals surface area contributed by atoms with Crippen molar-refractivity contribution in [3.8, 4) is 11.4 Å². The van der Waals surface area contributed by atoms with E-state index >= 15 is 0 Å². The van der Waals surface area contributed by atoms with Crippen LogP contribution >= 0.6 is 0 Å². The summed E-state index contributed by atoms with van der Waals surface area (Å²) >= 11 is 0. The van der Waals surface area contributed by atoms with E-state index in [1.54, 1.807) is 0 Å². The van der Waals surface area contributed by atoms with Gasteiger partial charge >= 0.3 is 0 Å². The average Bonchev–Trinajstić information content (AvgIpc) is 3.28. The van der Waals surface area contributed by atoms with Crippen LogP contribution in [0.25, 0.3) is 11.4 Å². The Hall–Kier alpha value is -2.47. The first-order valence-electron chi connectivity index (χ1n) is 8.39. The summed E-state index contributed by atoms with van der Waals surface area (Å²) in [6, 6.07) is 10.3. The van der Waals surface area contributed by atoms with Crippen LogP contribution in [-0.2, 0) is 6.54 Å². The van der Waals surface area contributed by atoms with Gasteiger partial charge in [0, 0.05) is 23.4 Å². The molecule has 1 saturated heterocycles. The van der Waals surface area contributed by atoms with Crippen LogP contribution in [0.4, 0.5) is 0 Å². The quantitative estimate of drug-likeness (QED) is 0.798. The molecule has 24 heavy (non-hydrogen) atoms. The van der Waals surface area contributed by atoms with Gasteiger partial charge in [0.25, 0.3) is 0 Å². The Bertz CT molecular complexity index is 770. The molecule has 0 saturated carbocycles. The van der Waals surface area contributed by atoms with Crippen molar-refractivity contribution in [2.45, 2.75) is 32.2 Å². The molecule has 3 aromatic rings. The van der Waals surface area contributed by atoms with Crippen molar-refractivity contribution < 1.29 is 4.52 Å². The molecule has 6 nitrogen and oxygen atoms in total. The van der Waals surface area contributed by atoms with Gasteiger partial charge in [0.2, 0.25) is 11.7 Å². The average molecular weight is 323 g/mol. The normalized spacial score (nSPS) is 16.5. The van der Waals surface area contributed by atoms with Gasteiger partial charge in [-0.3, -0.25) is 10.00 Å². The zero-order valence-corrected chi connectivity index (χ0v) is 13.8. The van der Waals surface area contributed by atoms with Crippen molar-refractivity contribution in [2.24, 2.45) is 0 Å². The van der Waals surface area contributed by atoms with E-state index in [2.05, 4.69) is 50.4 Å². The number of hydrogen-bond acceptors (Lipinski definition) is 5. The minimum absolute atomic E-state index is 0.578. The summed E-state index contributed by atoms with van der Waals surface area (Å²) in [6.07, 6.45) is 4.08. The number of nitrogens with one attached hydrogen (secondary N) is 1. The zero-order valence-electron chi connectivity index (χ0n) is 13.8. The molecule has 124 valence electrons. The summed E-state index contributed by atoms with van der Waals surface area (Å²) in [5.41, 5.74) is 3.46. The Labute approximate surface area is 140 Å². The van der Waals surface area contributed by atoms with E-state index in [0.29, 0.717) is 24.2 Å². The van der Waals surface area contributed by atoms with Crippen LogP contribution in [0.2, 0.25) is 0 Å². The van der Waals surface area contributed by atoms with Crippen molar-refractivity contribution in [3.05, 3.63) is 53.7 Å². The summed E-state index contributed by atoms with van der Waals surface area (Å²) in [4.78, 5) is 6.91. The number of hydrogen-bond donors (Lipinski definition) is 1. The third kappa shape index (κ3) is 3.23. The molecule has 1 aliphatic rings. The lowest BCUT2D eigenvalue weighted by molar-refractivity contribution is 0.180. The predicted molar refractivity (Wildman–Crippen MR) is 90.3 cm³/mol. The fourth-order valence-corrected chi connectivity index (χ4v) is 3.23. The molecule has 0 radical (unpaired) electrons. The number of H-pyrrole nitrogens is 1. The first kappa shape index (κ1) is 15.1. The van der Waals surface area contributed by atoms with Crippen LogP contribution in [-0.4, -0.2) is 38.3 Å². The van der Waals surface area contributed by atoms with Crippen molar-refractivity contribution in [3.63, 3.8) is 0 Å². The second kappa shape index (κ2) is 6.57. The number of rotatable bonds is 4. The minimum atomic E-state index is 0.578. The lowest BCUT2D eigenvalue weighted by atomic mass is 9.94. The molecule has 0 bridgehead atoms. The topological polar surface area (TPSA) is 70.8 Å². The molecule has 1 N–H and O–H groups in total. The highest BCUT2D eigenvalue weighted by Crippen LogP contribution is 2.27. The second-order valence-electron chi connectivity index (χ2n) is 6.44. The molecule has 0 amide bonds. The van der Waals surface area contributed by atoms with Crippen LogP contribution in [0.3, 0.4) is 0 Å². The largest absolute Gasteiger partial charge is 0.338 e. The summed E-state index contributed by atoms with van der Waals surface area (Å²) in [5, 5.41) is 11.2. The van der Waals surface area contributed by atoms with Gasteiger partial charge in [0.05, 0.1) is 6.54 Å². The summed E-state index contributed by atoms with van der Waals surface area (Å²) in [7, 11) is 0. The van der Waals surface area contributed by atoms with Crippen molar-refractivity contribution >= 4 is 0 Å². The van der Waals surface area contributed by atoms with Crippen molar-refractivity contribution in [1.82, 2.24) is 25.2 Å². The molecule has 1 aliphatic heterocycles. The van der Waals surface area contributed by atoms with Crippen LogP contribution in [0.5, 0.6) is 0 Å². The van der Waals surface area contributed by atoms with Gasteiger partial charge in [-0.1, -0.05) is 35.0 Å². The van der Waals surface area contributed by atoms with E-state index < -0.39 is 0 Å². The molecule has 0 unspecified atom stereocenters. The van der Waals surface area contributed by atoms with Crippen molar-refractivity contribution in [1.29, 1.82) is 0 Å². The van der Waals surface area contributed by atoms with Crippen LogP contribution in [0.1, 0.15) is 35.9 Å². The molecule has 0 atom stereocenters. The van der Waals surface area contributed by atoms with E-state index in [9.17, 15) is 0 Å². The van der Waals surface area contributed by atoms with Crippen LogP contribution in [0, 0.1) is 6.92 Å². The fourth-order valence-electron chi connectivity index (χ4n) is 3.23. The Kier molecular flexibility index (Phi) is 4.13. The second-order valence-corrected chi connectivity index (χ2v) is 6.44. The zero-order chi connectivity index (χ0) is 16.4. The molecule has 6 heteroatoms. The summed E-state index contributed by atoms with van der Waals surface area (Å²) < 4.78 is 5.43. The predicted octanol–water partition coefficient (Wildman–Crippen LogP) is 3.15. The van der Waals surface area contributed by atoms with E-state index in [1.165, 1.54) is 11.3 Å². The van der Waals surface area contributed by atoms with Crippen LogP contribution < -0.4 is 0 Å². The Morgan fingerprint density at radius 3 is 2.67 bits per heavy atom. The smallest absolute Gasteiger partial charge is 0.241 e. The first-order chi connectivity index (χ1) is 11.8. The third-order valence-electron chi connectivity index (χ3n) is 4.69. The Morgan fingerprint density at radius 2 is 1.96 bits per heavy atom. The third-order valence-corrected chi connectivity index (χ3v) is 4.69. The molecular formula is C18H21N5O. The lowest BCUT2D eigenvalue weighted by Gasteiger charge is -2.30.